The van der Waals surface area contributed by atoms with Crippen molar-refractivity contribution in [3.05, 3.63) is 46.8 Å². The Morgan fingerprint density at radius 1 is 1.24 bits per heavy atom. The molecule has 0 aliphatic carbocycles. The minimum absolute atomic E-state index is 0.0335. The van der Waals surface area contributed by atoms with Gasteiger partial charge < -0.3 is 14.0 Å². The minimum atomic E-state index is -3.86. The summed E-state index contributed by atoms with van der Waals surface area (Å²) in [6, 6.07) is 9.17. The van der Waals surface area contributed by atoms with Gasteiger partial charge in [-0.15, -0.1) is 6.42 Å². The zero-order valence-electron chi connectivity index (χ0n) is 15.6. The largest absolute Gasteiger partial charge is 0.497 e. The normalized spacial score (nSPS) is 12.0. The van der Waals surface area contributed by atoms with Crippen molar-refractivity contribution >= 4 is 37.5 Å². The first-order valence-electron chi connectivity index (χ1n) is 8.19. The molecular formula is C19H17N3O5S2. The van der Waals surface area contributed by atoms with Gasteiger partial charge in [-0.1, -0.05) is 17.3 Å². The van der Waals surface area contributed by atoms with E-state index in [-0.39, 0.29) is 17.0 Å². The number of benzene rings is 2. The molecule has 0 radical (unpaired) electrons. The molecule has 1 heterocycles. The van der Waals surface area contributed by atoms with Crippen molar-refractivity contribution in [1.82, 2.24) is 4.57 Å². The molecule has 0 aliphatic heterocycles. The zero-order valence-corrected chi connectivity index (χ0v) is 17.2. The summed E-state index contributed by atoms with van der Waals surface area (Å²) >= 11 is 1.13. The molecule has 1 aromatic heterocycles. The van der Waals surface area contributed by atoms with E-state index < -0.39 is 15.9 Å². The molecule has 0 spiro atoms. The lowest BCUT2D eigenvalue weighted by molar-refractivity contribution is 0.0995. The average Bonchev–Trinajstić information content (AvgIpc) is 3.03. The number of nitrogens with two attached hydrogens (primary N) is 1. The molecule has 1 amide bonds. The molecule has 3 rings (SSSR count). The van der Waals surface area contributed by atoms with Gasteiger partial charge in [-0.05, 0) is 30.3 Å². The van der Waals surface area contributed by atoms with Crippen molar-refractivity contribution in [3.63, 3.8) is 0 Å². The number of ether oxygens (including phenoxy) is 2. The first-order valence-corrected chi connectivity index (χ1v) is 10.6. The Balaban J connectivity index is 2.18. The Bertz CT molecular complexity index is 1310. The molecule has 0 fully saturated rings. The summed E-state index contributed by atoms with van der Waals surface area (Å²) in [6.07, 6.45) is 5.46. The maximum atomic E-state index is 12.8. The lowest BCUT2D eigenvalue weighted by Crippen LogP contribution is -2.17. The highest BCUT2D eigenvalue weighted by Gasteiger charge is 2.16. The molecule has 0 aliphatic rings. The van der Waals surface area contributed by atoms with E-state index in [4.69, 9.17) is 21.0 Å². The number of terminal acetylenes is 1. The van der Waals surface area contributed by atoms with E-state index in [0.717, 1.165) is 11.3 Å². The summed E-state index contributed by atoms with van der Waals surface area (Å²) in [7, 11) is -0.908. The van der Waals surface area contributed by atoms with Crippen LogP contribution in [0.15, 0.2) is 46.3 Å². The Morgan fingerprint density at radius 2 is 2.00 bits per heavy atom. The van der Waals surface area contributed by atoms with E-state index in [1.807, 2.05) is 0 Å². The number of fused-ring (bicyclic) bond motifs is 1. The fourth-order valence-corrected chi connectivity index (χ4v) is 4.36. The van der Waals surface area contributed by atoms with Gasteiger partial charge in [0.2, 0.25) is 10.0 Å². The summed E-state index contributed by atoms with van der Waals surface area (Å²) in [5, 5.41) is 5.20. The maximum Gasteiger partial charge on any atom is 0.283 e. The van der Waals surface area contributed by atoms with E-state index in [1.54, 1.807) is 28.8 Å². The van der Waals surface area contributed by atoms with Crippen LogP contribution in [0.4, 0.5) is 0 Å². The lowest BCUT2D eigenvalue weighted by atomic mass is 10.2. The Kier molecular flexibility index (Phi) is 5.74. The summed E-state index contributed by atoms with van der Waals surface area (Å²) < 4.78 is 35.9. The van der Waals surface area contributed by atoms with Crippen LogP contribution >= 0.6 is 11.3 Å². The number of methoxy groups -OCH3 is 2. The second kappa shape index (κ2) is 8.08. The van der Waals surface area contributed by atoms with Crippen LogP contribution in [0.1, 0.15) is 10.4 Å². The van der Waals surface area contributed by atoms with Gasteiger partial charge in [-0.2, -0.15) is 4.99 Å². The van der Waals surface area contributed by atoms with Crippen molar-refractivity contribution in [2.75, 3.05) is 14.2 Å². The number of primary sulfonamides is 1. The number of carbonyl (C=O) groups excluding carboxylic acids is 1. The Morgan fingerprint density at radius 3 is 2.62 bits per heavy atom. The Hall–Kier alpha value is -3.13. The SMILES string of the molecule is C#CCn1c(=NC(=O)c2ccc(OC)cc2OC)sc2cc(S(N)(=O)=O)ccc21. The molecule has 0 saturated carbocycles. The predicted molar refractivity (Wildman–Crippen MR) is 109 cm³/mol. The van der Waals surface area contributed by atoms with Gasteiger partial charge in [0, 0.05) is 6.07 Å². The number of carbonyl (C=O) groups is 1. The summed E-state index contributed by atoms with van der Waals surface area (Å²) in [6.45, 7) is 0.153. The van der Waals surface area contributed by atoms with Crippen LogP contribution in [0, 0.1) is 12.3 Å². The van der Waals surface area contributed by atoms with Gasteiger partial charge in [-0.3, -0.25) is 4.79 Å². The van der Waals surface area contributed by atoms with E-state index in [0.29, 0.717) is 26.5 Å². The highest BCUT2D eigenvalue weighted by molar-refractivity contribution is 7.89. The van der Waals surface area contributed by atoms with E-state index >= 15 is 0 Å². The first kappa shape index (κ1) is 20.6. The number of rotatable bonds is 5. The molecule has 8 nitrogen and oxygen atoms in total. The number of aromatic nitrogens is 1. The third-order valence-electron chi connectivity index (χ3n) is 4.07. The zero-order chi connectivity index (χ0) is 21.2. The quantitative estimate of drug-likeness (QED) is 0.618. The van der Waals surface area contributed by atoms with Gasteiger partial charge in [0.1, 0.15) is 11.5 Å². The van der Waals surface area contributed by atoms with Crippen molar-refractivity contribution in [2.24, 2.45) is 10.1 Å². The fraction of sp³-hybridized carbons (Fsp3) is 0.158. The second-order valence-corrected chi connectivity index (χ2v) is 8.40. The molecule has 0 saturated heterocycles. The van der Waals surface area contributed by atoms with Gasteiger partial charge in [0.25, 0.3) is 5.91 Å². The van der Waals surface area contributed by atoms with Crippen LogP contribution < -0.4 is 19.4 Å². The lowest BCUT2D eigenvalue weighted by Gasteiger charge is -2.07. The van der Waals surface area contributed by atoms with Gasteiger partial charge >= 0.3 is 0 Å². The summed E-state index contributed by atoms with van der Waals surface area (Å²) in [5.74, 6) is 2.84. The molecule has 0 unspecified atom stereocenters. The topological polar surface area (TPSA) is 113 Å². The monoisotopic (exact) mass is 431 g/mol. The van der Waals surface area contributed by atoms with Crippen LogP contribution in [0.3, 0.4) is 0 Å². The van der Waals surface area contributed by atoms with Gasteiger partial charge in [0.15, 0.2) is 4.80 Å². The minimum Gasteiger partial charge on any atom is -0.497 e. The van der Waals surface area contributed by atoms with Crippen LogP contribution in [0.5, 0.6) is 11.5 Å². The second-order valence-electron chi connectivity index (χ2n) is 5.83. The van der Waals surface area contributed by atoms with Gasteiger partial charge in [0.05, 0.1) is 41.4 Å². The number of amides is 1. The molecule has 29 heavy (non-hydrogen) atoms. The third-order valence-corrected chi connectivity index (χ3v) is 6.02. The molecule has 3 aromatic rings. The van der Waals surface area contributed by atoms with Crippen molar-refractivity contribution < 1.29 is 22.7 Å². The predicted octanol–water partition coefficient (Wildman–Crippen LogP) is 1.74. The first-order chi connectivity index (χ1) is 13.8. The molecule has 2 N–H and O–H groups in total. The smallest absolute Gasteiger partial charge is 0.283 e. The summed E-state index contributed by atoms with van der Waals surface area (Å²) in [5.41, 5.74) is 0.900. The third kappa shape index (κ3) is 4.17. The van der Waals surface area contributed by atoms with Crippen LogP contribution in [0.25, 0.3) is 10.2 Å². The number of thiazole rings is 1. The standard InChI is InChI=1S/C19H17N3O5S2/c1-4-9-22-15-8-6-13(29(20,24)25)11-17(15)28-19(22)21-18(23)14-7-5-12(26-2)10-16(14)27-3/h1,5-8,10-11H,9H2,2-3H3,(H2,20,24,25). The maximum absolute atomic E-state index is 12.8. The molecule has 0 atom stereocenters. The number of hydrogen-bond donors (Lipinski definition) is 1. The molecular weight excluding hydrogens is 414 g/mol. The van der Waals surface area contributed by atoms with E-state index in [1.165, 1.54) is 26.4 Å². The highest BCUT2D eigenvalue weighted by atomic mass is 32.2. The highest BCUT2D eigenvalue weighted by Crippen LogP contribution is 2.26. The average molecular weight is 431 g/mol. The van der Waals surface area contributed by atoms with Crippen LogP contribution in [-0.2, 0) is 16.6 Å². The van der Waals surface area contributed by atoms with Crippen molar-refractivity contribution in [2.45, 2.75) is 11.4 Å². The van der Waals surface area contributed by atoms with Crippen LogP contribution in [0.2, 0.25) is 0 Å². The van der Waals surface area contributed by atoms with E-state index in [9.17, 15) is 13.2 Å². The molecule has 10 heteroatoms. The molecule has 2 aromatic carbocycles. The van der Waals surface area contributed by atoms with Crippen molar-refractivity contribution in [1.29, 1.82) is 0 Å². The number of sulfonamides is 1. The fourth-order valence-electron chi connectivity index (χ4n) is 2.68. The summed E-state index contributed by atoms with van der Waals surface area (Å²) in [4.78, 5) is 17.3. The number of hydrogen-bond acceptors (Lipinski definition) is 6. The number of nitrogens with zero attached hydrogens (tertiary/aromatic N) is 2. The van der Waals surface area contributed by atoms with Crippen LogP contribution in [-0.4, -0.2) is 33.1 Å². The van der Waals surface area contributed by atoms with Gasteiger partial charge in [-0.25, -0.2) is 13.6 Å². The Labute approximate surface area is 171 Å². The molecule has 150 valence electrons. The molecule has 0 bridgehead atoms. The van der Waals surface area contributed by atoms with Crippen molar-refractivity contribution in [3.8, 4) is 23.8 Å². The van der Waals surface area contributed by atoms with E-state index in [2.05, 4.69) is 10.9 Å².